The van der Waals surface area contributed by atoms with Gasteiger partial charge in [-0.25, -0.2) is 0 Å². The largest absolute Gasteiger partial charge is 0.309 e. The number of benzene rings is 9. The molecule has 0 atom stereocenters. The lowest BCUT2D eigenvalue weighted by molar-refractivity contribution is 0.592. The molecule has 0 heterocycles. The van der Waals surface area contributed by atoms with Gasteiger partial charge in [0.15, 0.2) is 7.14 Å². The predicted octanol–water partition coefficient (Wildman–Crippen LogP) is 11.3. The zero-order valence-electron chi connectivity index (χ0n) is 26.3. The molecular weight excluding hydrogens is 599 g/mol. The zero-order valence-corrected chi connectivity index (χ0v) is 27.1. The molecule has 226 valence electrons. The van der Waals surface area contributed by atoms with E-state index in [0.717, 1.165) is 37.8 Å². The van der Waals surface area contributed by atoms with E-state index in [9.17, 15) is 0 Å². The minimum absolute atomic E-state index is 0.828. The highest BCUT2D eigenvalue weighted by molar-refractivity contribution is 7.85. The average Bonchev–Trinajstić information content (AvgIpc) is 3.16. The fourth-order valence-corrected chi connectivity index (χ4v) is 10.1. The van der Waals surface area contributed by atoms with Gasteiger partial charge in [0.05, 0.1) is 0 Å². The fourth-order valence-electron chi connectivity index (χ4n) is 7.40. The lowest BCUT2D eigenvalue weighted by atomic mass is 9.85. The summed E-state index contributed by atoms with van der Waals surface area (Å²) < 4.78 is 15.6. The molecule has 48 heavy (non-hydrogen) atoms. The van der Waals surface area contributed by atoms with Crippen LogP contribution in [0.1, 0.15) is 0 Å². The number of rotatable bonds is 5. The first kappa shape index (κ1) is 28.5. The van der Waals surface area contributed by atoms with Crippen LogP contribution in [0.2, 0.25) is 0 Å². The van der Waals surface area contributed by atoms with Crippen molar-refractivity contribution in [2.24, 2.45) is 0 Å². The summed E-state index contributed by atoms with van der Waals surface area (Å²) in [6, 6.07) is 65.8. The Morgan fingerprint density at radius 1 is 0.292 bits per heavy atom. The first-order valence-corrected chi connectivity index (χ1v) is 18.1. The van der Waals surface area contributed by atoms with E-state index in [0.29, 0.717) is 0 Å². The van der Waals surface area contributed by atoms with Crippen LogP contribution in [0.3, 0.4) is 0 Å². The molecule has 0 amide bonds. The van der Waals surface area contributed by atoms with Crippen LogP contribution in [0, 0.1) is 0 Å². The number of hydrogen-bond donors (Lipinski definition) is 0. The smallest absolute Gasteiger partial charge is 0.171 e. The molecule has 2 heteroatoms. The number of hydrogen-bond acceptors (Lipinski definition) is 1. The monoisotopic (exact) mass is 630 g/mol. The third-order valence-electron chi connectivity index (χ3n) is 9.69. The van der Waals surface area contributed by atoms with Gasteiger partial charge in [0.25, 0.3) is 0 Å². The van der Waals surface area contributed by atoms with Crippen molar-refractivity contribution in [2.45, 2.75) is 0 Å². The van der Waals surface area contributed by atoms with E-state index in [1.165, 1.54) is 43.4 Å². The Morgan fingerprint density at radius 3 is 1.23 bits per heavy atom. The molecule has 0 aromatic heterocycles. The molecule has 0 spiro atoms. The van der Waals surface area contributed by atoms with Crippen LogP contribution < -0.4 is 15.9 Å². The second-order valence-corrected chi connectivity index (χ2v) is 15.2. The van der Waals surface area contributed by atoms with Gasteiger partial charge in [-0.2, -0.15) is 0 Å². The van der Waals surface area contributed by atoms with Crippen molar-refractivity contribution in [2.75, 3.05) is 0 Å². The van der Waals surface area contributed by atoms with E-state index in [4.69, 9.17) is 0 Å². The van der Waals surface area contributed by atoms with E-state index >= 15 is 4.57 Å². The van der Waals surface area contributed by atoms with Crippen molar-refractivity contribution in [3.63, 3.8) is 0 Å². The predicted molar refractivity (Wildman–Crippen MR) is 207 cm³/mol. The van der Waals surface area contributed by atoms with Gasteiger partial charge < -0.3 is 4.57 Å². The second-order valence-electron chi connectivity index (χ2n) is 12.4. The third-order valence-corrected chi connectivity index (χ3v) is 12.7. The van der Waals surface area contributed by atoms with E-state index in [2.05, 4.69) is 127 Å². The van der Waals surface area contributed by atoms with E-state index in [1.54, 1.807) is 0 Å². The van der Waals surface area contributed by atoms with E-state index < -0.39 is 7.14 Å². The molecule has 0 fully saturated rings. The molecule has 0 bridgehead atoms. The van der Waals surface area contributed by atoms with Gasteiger partial charge in [-0.1, -0.05) is 170 Å². The summed E-state index contributed by atoms with van der Waals surface area (Å²) in [5, 5.41) is 11.9. The Balaban J connectivity index is 1.42. The van der Waals surface area contributed by atoms with Crippen molar-refractivity contribution in [3.05, 3.63) is 188 Å². The number of fused-ring (bicyclic) bond motifs is 4. The molecule has 0 aliphatic heterocycles. The maximum absolute atomic E-state index is 15.6. The van der Waals surface area contributed by atoms with Crippen LogP contribution in [0.5, 0.6) is 0 Å². The van der Waals surface area contributed by atoms with Crippen LogP contribution in [0.4, 0.5) is 0 Å². The molecule has 0 radical (unpaired) electrons. The van der Waals surface area contributed by atoms with Gasteiger partial charge in [0, 0.05) is 15.9 Å². The Morgan fingerprint density at radius 2 is 0.708 bits per heavy atom. The Bertz CT molecular complexity index is 2650. The van der Waals surface area contributed by atoms with Crippen molar-refractivity contribution in [3.8, 4) is 22.3 Å². The van der Waals surface area contributed by atoms with Crippen LogP contribution in [-0.2, 0) is 4.57 Å². The highest BCUT2D eigenvalue weighted by Gasteiger charge is 2.30. The molecule has 0 saturated carbocycles. The third kappa shape index (κ3) is 4.59. The second kappa shape index (κ2) is 11.5. The van der Waals surface area contributed by atoms with Crippen LogP contribution in [0.15, 0.2) is 188 Å². The quantitative estimate of drug-likeness (QED) is 0.137. The molecule has 1 nitrogen and oxygen atoms in total. The van der Waals surface area contributed by atoms with Gasteiger partial charge in [-0.05, 0) is 83.5 Å². The zero-order chi connectivity index (χ0) is 32.1. The fraction of sp³-hybridized carbons (Fsp3) is 0. The average molecular weight is 631 g/mol. The minimum atomic E-state index is -3.21. The lowest BCUT2D eigenvalue weighted by Crippen LogP contribution is -2.25. The van der Waals surface area contributed by atoms with E-state index in [1.807, 2.05) is 60.7 Å². The Labute approximate surface area is 280 Å². The van der Waals surface area contributed by atoms with Gasteiger partial charge in [0.1, 0.15) is 0 Å². The Kier molecular flexibility index (Phi) is 6.82. The summed E-state index contributed by atoms with van der Waals surface area (Å²) in [7, 11) is -3.21. The molecule has 0 aliphatic carbocycles. The molecule has 9 rings (SSSR count). The summed E-state index contributed by atoms with van der Waals surface area (Å²) in [4.78, 5) is 0. The molecule has 0 unspecified atom stereocenters. The lowest BCUT2D eigenvalue weighted by Gasteiger charge is -2.23. The van der Waals surface area contributed by atoms with Gasteiger partial charge in [0.2, 0.25) is 0 Å². The highest BCUT2D eigenvalue weighted by Crippen LogP contribution is 2.48. The first-order chi connectivity index (χ1) is 23.7. The van der Waals surface area contributed by atoms with Gasteiger partial charge >= 0.3 is 0 Å². The topological polar surface area (TPSA) is 17.1 Å². The van der Waals surface area contributed by atoms with Gasteiger partial charge in [-0.3, -0.25) is 0 Å². The Hall–Kier alpha value is -5.75. The van der Waals surface area contributed by atoms with Crippen molar-refractivity contribution in [1.29, 1.82) is 0 Å². The van der Waals surface area contributed by atoms with Crippen molar-refractivity contribution < 1.29 is 4.57 Å². The maximum atomic E-state index is 15.6. The summed E-state index contributed by atoms with van der Waals surface area (Å²) in [6.07, 6.45) is 0. The first-order valence-electron chi connectivity index (χ1n) is 16.4. The normalized spacial score (nSPS) is 11.8. The molecule has 9 aromatic rings. The summed E-state index contributed by atoms with van der Waals surface area (Å²) in [5.74, 6) is 0. The summed E-state index contributed by atoms with van der Waals surface area (Å²) in [6.45, 7) is 0. The van der Waals surface area contributed by atoms with Crippen molar-refractivity contribution >= 4 is 66.1 Å². The summed E-state index contributed by atoms with van der Waals surface area (Å²) in [5.41, 5.74) is 4.66. The van der Waals surface area contributed by atoms with Crippen molar-refractivity contribution in [1.82, 2.24) is 0 Å². The minimum Gasteiger partial charge on any atom is -0.309 e. The van der Waals surface area contributed by atoms with E-state index in [-0.39, 0.29) is 0 Å². The molecule has 9 aromatic carbocycles. The van der Waals surface area contributed by atoms with Gasteiger partial charge in [-0.15, -0.1) is 0 Å². The SMILES string of the molecule is O=P(c1ccccc1)(c1ccccc1)c1ccc2c(-c3ccc4ccccc4c3)c3ccccc3c(-c3ccc4ccccc4c3)c2c1. The van der Waals surface area contributed by atoms with Crippen LogP contribution in [-0.4, -0.2) is 0 Å². The van der Waals surface area contributed by atoms with Crippen LogP contribution in [0.25, 0.3) is 65.3 Å². The maximum Gasteiger partial charge on any atom is 0.171 e. The van der Waals surface area contributed by atoms with Crippen LogP contribution >= 0.6 is 7.14 Å². The molecule has 0 saturated heterocycles. The standard InChI is InChI=1S/C46H31OP/c47-48(38-17-3-1-4-18-38,39-19-5-2-6-20-39)40-27-28-43-44(31-40)46(37-26-24-33-14-8-10-16-35(33)30-37)42-22-12-11-21-41(42)45(43)36-25-23-32-13-7-9-15-34(32)29-36/h1-31H. The molecular formula is C46H31OP. The molecule has 0 N–H and O–H groups in total. The summed E-state index contributed by atoms with van der Waals surface area (Å²) >= 11 is 0. The highest BCUT2D eigenvalue weighted by atomic mass is 31.2. The molecule has 0 aliphatic rings.